The number of hydrogen-bond donors (Lipinski definition) is 4. The van der Waals surface area contributed by atoms with Crippen LogP contribution >= 0.6 is 11.3 Å². The number of aliphatic carboxylic acids is 1. The molecule has 0 fully saturated rings. The average Bonchev–Trinajstić information content (AvgIpc) is 2.58. The van der Waals surface area contributed by atoms with Crippen LogP contribution in [0.3, 0.4) is 0 Å². The van der Waals surface area contributed by atoms with Crippen LogP contribution < -0.4 is 0 Å². The summed E-state index contributed by atoms with van der Waals surface area (Å²) in [7, 11) is 0. The van der Waals surface area contributed by atoms with Crippen LogP contribution in [0.25, 0.3) is 0 Å². The summed E-state index contributed by atoms with van der Waals surface area (Å²) in [6.07, 6.45) is -3.57. The van der Waals surface area contributed by atoms with Crippen molar-refractivity contribution in [2.75, 3.05) is 0 Å². The van der Waals surface area contributed by atoms with Crippen molar-refractivity contribution in [3.8, 4) is 0 Å². The number of aliphatic hydroxyl groups excluding tert-OH is 2. The first kappa shape index (κ1) is 12.6. The number of rotatable bonds is 4. The minimum absolute atomic E-state index is 0.0101. The summed E-state index contributed by atoms with van der Waals surface area (Å²) in [5.74, 6) is -2.71. The third kappa shape index (κ3) is 2.38. The van der Waals surface area contributed by atoms with Crippen LogP contribution in [0.2, 0.25) is 0 Å². The lowest BCUT2D eigenvalue weighted by molar-refractivity contribution is -0.152. The molecule has 1 aromatic rings. The molecule has 0 aliphatic rings. The fourth-order valence-electron chi connectivity index (χ4n) is 1.17. The molecule has 0 aromatic carbocycles. The van der Waals surface area contributed by atoms with E-state index in [9.17, 15) is 14.7 Å². The number of carboxylic acid groups (broad SMARTS) is 2. The average molecular weight is 246 g/mol. The molecule has 7 heteroatoms. The smallest absolute Gasteiger partial charge is 0.345 e. The second kappa shape index (κ2) is 4.60. The van der Waals surface area contributed by atoms with Gasteiger partial charge in [-0.15, -0.1) is 11.3 Å². The van der Waals surface area contributed by atoms with Crippen molar-refractivity contribution < 1.29 is 30.0 Å². The predicted octanol–water partition coefficient (Wildman–Crippen LogP) is 0.234. The highest BCUT2D eigenvalue weighted by molar-refractivity contribution is 7.14. The lowest BCUT2D eigenvalue weighted by atomic mass is 10.1. The van der Waals surface area contributed by atoms with Gasteiger partial charge in [-0.3, -0.25) is 0 Å². The molecule has 0 radical (unpaired) electrons. The molecule has 0 bridgehead atoms. The molecule has 4 N–H and O–H groups in total. The summed E-state index contributed by atoms with van der Waals surface area (Å²) in [6.45, 7) is 1.54. The fraction of sp³-hybridized carbons (Fsp3) is 0.333. The van der Waals surface area contributed by atoms with Gasteiger partial charge in [-0.05, 0) is 18.6 Å². The Morgan fingerprint density at radius 2 is 1.88 bits per heavy atom. The summed E-state index contributed by atoms with van der Waals surface area (Å²) in [5, 5.41) is 35.9. The molecule has 1 aromatic heterocycles. The van der Waals surface area contributed by atoms with E-state index in [4.69, 9.17) is 15.3 Å². The van der Waals surface area contributed by atoms with Gasteiger partial charge in [0.15, 0.2) is 6.10 Å². The zero-order chi connectivity index (χ0) is 12.5. The third-order valence-corrected chi connectivity index (χ3v) is 3.28. The number of aliphatic hydroxyl groups is 2. The molecule has 2 unspecified atom stereocenters. The van der Waals surface area contributed by atoms with Gasteiger partial charge in [-0.2, -0.15) is 0 Å². The summed E-state index contributed by atoms with van der Waals surface area (Å²) < 4.78 is 0. The molecule has 16 heavy (non-hydrogen) atoms. The number of aromatic carboxylic acids is 1. The Morgan fingerprint density at radius 3 is 2.25 bits per heavy atom. The van der Waals surface area contributed by atoms with E-state index in [1.165, 1.54) is 13.0 Å². The van der Waals surface area contributed by atoms with Crippen LogP contribution in [0.15, 0.2) is 6.07 Å². The van der Waals surface area contributed by atoms with Gasteiger partial charge in [-0.1, -0.05) is 0 Å². The normalized spacial score (nSPS) is 14.4. The molecule has 0 saturated carbocycles. The van der Waals surface area contributed by atoms with Gasteiger partial charge in [0.25, 0.3) is 0 Å². The van der Waals surface area contributed by atoms with Gasteiger partial charge < -0.3 is 20.4 Å². The number of aryl methyl sites for hydroxylation is 1. The topological polar surface area (TPSA) is 115 Å². The summed E-state index contributed by atoms with van der Waals surface area (Å²) in [5.41, 5.74) is 0.440. The zero-order valence-corrected chi connectivity index (χ0v) is 9.06. The largest absolute Gasteiger partial charge is 0.479 e. The first-order chi connectivity index (χ1) is 7.34. The summed E-state index contributed by atoms with van der Waals surface area (Å²) in [4.78, 5) is 21.2. The van der Waals surface area contributed by atoms with E-state index in [-0.39, 0.29) is 9.75 Å². The quantitative estimate of drug-likeness (QED) is 0.604. The van der Waals surface area contributed by atoms with Crippen LogP contribution in [0.1, 0.15) is 26.2 Å². The maximum absolute atomic E-state index is 10.6. The molecule has 0 aliphatic heterocycles. The van der Waals surface area contributed by atoms with Crippen LogP contribution in [0, 0.1) is 6.92 Å². The third-order valence-electron chi connectivity index (χ3n) is 1.99. The van der Waals surface area contributed by atoms with Crippen molar-refractivity contribution in [1.29, 1.82) is 0 Å². The molecule has 1 rings (SSSR count). The van der Waals surface area contributed by atoms with Gasteiger partial charge in [-0.25, -0.2) is 9.59 Å². The Balaban J connectivity index is 3.04. The molecule has 1 heterocycles. The van der Waals surface area contributed by atoms with Crippen LogP contribution in [-0.2, 0) is 4.79 Å². The molecule has 2 atom stereocenters. The van der Waals surface area contributed by atoms with E-state index in [1.807, 2.05) is 0 Å². The lowest BCUT2D eigenvalue weighted by Gasteiger charge is -2.12. The first-order valence-corrected chi connectivity index (χ1v) is 5.08. The molecule has 0 amide bonds. The van der Waals surface area contributed by atoms with Gasteiger partial charge in [0, 0.05) is 4.88 Å². The van der Waals surface area contributed by atoms with Crippen molar-refractivity contribution in [3.05, 3.63) is 21.4 Å². The second-order valence-electron chi connectivity index (χ2n) is 3.19. The molecular formula is C9H10O6S. The van der Waals surface area contributed by atoms with E-state index in [0.29, 0.717) is 5.56 Å². The fourth-order valence-corrected chi connectivity index (χ4v) is 2.20. The summed E-state index contributed by atoms with van der Waals surface area (Å²) in [6, 6.07) is 1.32. The van der Waals surface area contributed by atoms with Crippen molar-refractivity contribution in [2.24, 2.45) is 0 Å². The maximum atomic E-state index is 10.6. The molecule has 0 spiro atoms. The van der Waals surface area contributed by atoms with Gasteiger partial charge in [0.05, 0.1) is 0 Å². The Morgan fingerprint density at radius 1 is 1.31 bits per heavy atom. The minimum Gasteiger partial charge on any atom is -0.479 e. The number of thiophene rings is 1. The SMILES string of the molecule is Cc1cc(C(=O)O)sc1C(O)C(O)C(=O)O. The second-order valence-corrected chi connectivity index (χ2v) is 4.27. The van der Waals surface area contributed by atoms with Crippen molar-refractivity contribution in [3.63, 3.8) is 0 Å². The minimum atomic E-state index is -1.96. The van der Waals surface area contributed by atoms with Gasteiger partial charge >= 0.3 is 11.9 Å². The highest BCUT2D eigenvalue weighted by Gasteiger charge is 2.28. The molecule has 6 nitrogen and oxygen atoms in total. The van der Waals surface area contributed by atoms with Crippen molar-refractivity contribution >= 4 is 23.3 Å². The van der Waals surface area contributed by atoms with E-state index in [2.05, 4.69) is 0 Å². The van der Waals surface area contributed by atoms with Crippen LogP contribution in [0.5, 0.6) is 0 Å². The summed E-state index contributed by atoms with van der Waals surface area (Å²) >= 11 is 0.749. The Kier molecular flexibility index (Phi) is 3.63. The predicted molar refractivity (Wildman–Crippen MR) is 54.6 cm³/mol. The van der Waals surface area contributed by atoms with E-state index < -0.39 is 24.1 Å². The van der Waals surface area contributed by atoms with E-state index >= 15 is 0 Å². The number of carbonyl (C=O) groups is 2. The van der Waals surface area contributed by atoms with E-state index in [0.717, 1.165) is 11.3 Å². The van der Waals surface area contributed by atoms with Crippen LogP contribution in [-0.4, -0.2) is 38.5 Å². The van der Waals surface area contributed by atoms with Gasteiger partial charge in [0.2, 0.25) is 0 Å². The zero-order valence-electron chi connectivity index (χ0n) is 8.25. The highest BCUT2D eigenvalue weighted by atomic mass is 32.1. The molecule has 88 valence electrons. The Labute approximate surface area is 94.4 Å². The molecular weight excluding hydrogens is 236 g/mol. The Hall–Kier alpha value is -1.44. The van der Waals surface area contributed by atoms with Crippen molar-refractivity contribution in [2.45, 2.75) is 19.1 Å². The van der Waals surface area contributed by atoms with Crippen LogP contribution in [0.4, 0.5) is 0 Å². The molecule has 0 saturated heterocycles. The van der Waals surface area contributed by atoms with Crippen molar-refractivity contribution in [1.82, 2.24) is 0 Å². The monoisotopic (exact) mass is 246 g/mol. The number of hydrogen-bond acceptors (Lipinski definition) is 5. The standard InChI is InChI=1S/C9H10O6S/c1-3-2-4(8(12)13)16-7(3)5(10)6(11)9(14)15/h2,5-6,10-11H,1H3,(H,12,13)(H,14,15). The highest BCUT2D eigenvalue weighted by Crippen LogP contribution is 2.30. The Bertz CT molecular complexity index is 424. The number of carboxylic acids is 2. The molecule has 0 aliphatic carbocycles. The first-order valence-electron chi connectivity index (χ1n) is 4.27. The maximum Gasteiger partial charge on any atom is 0.345 e. The van der Waals surface area contributed by atoms with Gasteiger partial charge in [0.1, 0.15) is 11.0 Å². The van der Waals surface area contributed by atoms with E-state index in [1.54, 1.807) is 0 Å². The lowest BCUT2D eigenvalue weighted by Crippen LogP contribution is -2.27.